The lowest BCUT2D eigenvalue weighted by Gasteiger charge is -2.25. The second-order valence-electron chi connectivity index (χ2n) is 8.06. The van der Waals surface area contributed by atoms with Crippen LogP contribution >= 0.6 is 0 Å². The third-order valence-electron chi connectivity index (χ3n) is 5.62. The lowest BCUT2D eigenvalue weighted by molar-refractivity contribution is -0.144. The molecule has 0 bridgehead atoms. The average molecular weight is 458 g/mol. The van der Waals surface area contributed by atoms with E-state index in [9.17, 15) is 9.59 Å². The molecule has 5 rings (SSSR count). The van der Waals surface area contributed by atoms with E-state index in [-0.39, 0.29) is 18.1 Å². The molecule has 7 nitrogen and oxygen atoms in total. The van der Waals surface area contributed by atoms with E-state index in [1.54, 1.807) is 55.6 Å². The van der Waals surface area contributed by atoms with Gasteiger partial charge in [-0.1, -0.05) is 18.2 Å². The van der Waals surface area contributed by atoms with Crippen molar-refractivity contribution in [3.63, 3.8) is 0 Å². The standard InChI is InChI=1S/C27H22O7/c1-15-12-16(2)23-21(13-15)33-25(17-8-10-18(30-3)11-9-17)26(24(23)28)34-27(29)22-14-31-19-6-4-5-7-20(19)32-22/h4-13,22H,14H2,1-3H3/t22-/m1/s1. The fourth-order valence-electron chi connectivity index (χ4n) is 4.00. The monoisotopic (exact) mass is 458 g/mol. The molecule has 172 valence electrons. The van der Waals surface area contributed by atoms with E-state index < -0.39 is 17.5 Å². The number of methoxy groups -OCH3 is 1. The minimum atomic E-state index is -1.03. The largest absolute Gasteiger partial charge is 0.497 e. The van der Waals surface area contributed by atoms with Crippen molar-refractivity contribution < 1.29 is 28.2 Å². The van der Waals surface area contributed by atoms with Crippen LogP contribution < -0.4 is 24.4 Å². The number of carbonyl (C=O) groups excluding carboxylic acids is 1. The molecule has 1 aromatic heterocycles. The van der Waals surface area contributed by atoms with Crippen LogP contribution in [-0.4, -0.2) is 25.8 Å². The predicted octanol–water partition coefficient (Wildman–Crippen LogP) is 4.83. The van der Waals surface area contributed by atoms with Gasteiger partial charge in [-0.3, -0.25) is 4.79 Å². The number of esters is 1. The summed E-state index contributed by atoms with van der Waals surface area (Å²) in [6.07, 6.45) is -1.03. The Labute approximate surface area is 195 Å². The number of benzene rings is 3. The SMILES string of the molecule is COc1ccc(-c2oc3cc(C)cc(C)c3c(=O)c2OC(=O)[C@H]2COc3ccccc3O2)cc1. The molecule has 0 fully saturated rings. The summed E-state index contributed by atoms with van der Waals surface area (Å²) >= 11 is 0. The van der Waals surface area contributed by atoms with Crippen LogP contribution in [0.1, 0.15) is 11.1 Å². The van der Waals surface area contributed by atoms with Gasteiger partial charge in [0, 0.05) is 5.56 Å². The molecule has 0 amide bonds. The molecule has 0 saturated carbocycles. The minimum absolute atomic E-state index is 0.0369. The number of fused-ring (bicyclic) bond motifs is 2. The molecular formula is C27H22O7. The van der Waals surface area contributed by atoms with Crippen LogP contribution in [0.2, 0.25) is 0 Å². The smallest absolute Gasteiger partial charge is 0.356 e. The number of ether oxygens (including phenoxy) is 4. The summed E-state index contributed by atoms with van der Waals surface area (Å²) in [7, 11) is 1.56. The van der Waals surface area contributed by atoms with Crippen molar-refractivity contribution in [3.8, 4) is 34.3 Å². The maximum atomic E-state index is 13.6. The third-order valence-corrected chi connectivity index (χ3v) is 5.62. The molecule has 3 aromatic carbocycles. The Balaban J connectivity index is 1.59. The van der Waals surface area contributed by atoms with Crippen molar-refractivity contribution in [2.45, 2.75) is 20.0 Å². The number of aryl methyl sites for hydroxylation is 2. The highest BCUT2D eigenvalue weighted by atomic mass is 16.6. The molecule has 1 aliphatic rings. The molecule has 0 aliphatic carbocycles. The first-order valence-electron chi connectivity index (χ1n) is 10.8. The van der Waals surface area contributed by atoms with Crippen LogP contribution in [0.5, 0.6) is 23.0 Å². The van der Waals surface area contributed by atoms with Gasteiger partial charge in [0.15, 0.2) is 17.3 Å². The molecular weight excluding hydrogens is 436 g/mol. The van der Waals surface area contributed by atoms with Gasteiger partial charge in [0.1, 0.15) is 17.9 Å². The maximum absolute atomic E-state index is 13.6. The first kappa shape index (κ1) is 21.6. The molecule has 0 spiro atoms. The fraction of sp³-hybridized carbons (Fsp3) is 0.185. The van der Waals surface area contributed by atoms with Gasteiger partial charge in [0.05, 0.1) is 12.5 Å². The summed E-state index contributed by atoms with van der Waals surface area (Å²) in [5, 5.41) is 0.358. The molecule has 0 radical (unpaired) electrons. The van der Waals surface area contributed by atoms with Gasteiger partial charge in [-0.25, -0.2) is 4.79 Å². The van der Waals surface area contributed by atoms with Gasteiger partial charge in [-0.05, 0) is 67.4 Å². The summed E-state index contributed by atoms with van der Waals surface area (Å²) in [5.41, 5.74) is 2.22. The third kappa shape index (κ3) is 3.85. The molecule has 7 heteroatoms. The second kappa shape index (κ2) is 8.59. The second-order valence-corrected chi connectivity index (χ2v) is 8.06. The van der Waals surface area contributed by atoms with Crippen molar-refractivity contribution in [3.05, 3.63) is 82.0 Å². The van der Waals surface area contributed by atoms with Gasteiger partial charge < -0.3 is 23.4 Å². The number of para-hydroxylation sites is 2. The van der Waals surface area contributed by atoms with Crippen molar-refractivity contribution in [2.75, 3.05) is 13.7 Å². The van der Waals surface area contributed by atoms with Crippen molar-refractivity contribution in [1.82, 2.24) is 0 Å². The first-order valence-corrected chi connectivity index (χ1v) is 10.8. The summed E-state index contributed by atoms with van der Waals surface area (Å²) in [6, 6.07) is 17.7. The molecule has 0 unspecified atom stereocenters. The molecule has 4 aromatic rings. The van der Waals surface area contributed by atoms with Crippen molar-refractivity contribution >= 4 is 16.9 Å². The van der Waals surface area contributed by atoms with Gasteiger partial charge in [-0.15, -0.1) is 0 Å². The van der Waals surface area contributed by atoms with Crippen LogP contribution in [-0.2, 0) is 4.79 Å². The summed E-state index contributed by atoms with van der Waals surface area (Å²) < 4.78 is 28.4. The van der Waals surface area contributed by atoms with E-state index >= 15 is 0 Å². The minimum Gasteiger partial charge on any atom is -0.497 e. The Morgan fingerprint density at radius 1 is 1.00 bits per heavy atom. The normalized spacial score (nSPS) is 14.6. The van der Waals surface area contributed by atoms with Gasteiger partial charge in [-0.2, -0.15) is 0 Å². The Bertz CT molecular complexity index is 1450. The molecule has 1 atom stereocenters. The lowest BCUT2D eigenvalue weighted by atomic mass is 10.0. The van der Waals surface area contributed by atoms with Crippen LogP contribution in [0.4, 0.5) is 0 Å². The Morgan fingerprint density at radius 3 is 2.47 bits per heavy atom. The highest BCUT2D eigenvalue weighted by Gasteiger charge is 2.31. The summed E-state index contributed by atoms with van der Waals surface area (Å²) in [6.45, 7) is 3.70. The molecule has 0 N–H and O–H groups in total. The summed E-state index contributed by atoms with van der Waals surface area (Å²) in [4.78, 5) is 26.6. The molecule has 2 heterocycles. The van der Waals surface area contributed by atoms with E-state index in [1.807, 2.05) is 26.0 Å². The van der Waals surface area contributed by atoms with Gasteiger partial charge >= 0.3 is 5.97 Å². The zero-order chi connectivity index (χ0) is 23.8. The molecule has 0 saturated heterocycles. The number of carbonyl (C=O) groups is 1. The topological polar surface area (TPSA) is 84.2 Å². The van der Waals surface area contributed by atoms with Crippen LogP contribution in [0.15, 0.2) is 69.9 Å². The van der Waals surface area contributed by atoms with E-state index in [4.69, 9.17) is 23.4 Å². The first-order chi connectivity index (χ1) is 16.4. The molecule has 1 aliphatic heterocycles. The summed E-state index contributed by atoms with van der Waals surface area (Å²) in [5.74, 6) is 0.821. The predicted molar refractivity (Wildman–Crippen MR) is 126 cm³/mol. The zero-order valence-corrected chi connectivity index (χ0v) is 18.9. The number of rotatable bonds is 4. The van der Waals surface area contributed by atoms with Crippen LogP contribution in [0.3, 0.4) is 0 Å². The van der Waals surface area contributed by atoms with Crippen molar-refractivity contribution in [1.29, 1.82) is 0 Å². The Kier molecular flexibility index (Phi) is 5.45. The van der Waals surface area contributed by atoms with Gasteiger partial charge in [0.25, 0.3) is 0 Å². The van der Waals surface area contributed by atoms with E-state index in [0.717, 1.165) is 11.1 Å². The quantitative estimate of drug-likeness (QED) is 0.405. The average Bonchev–Trinajstić information content (AvgIpc) is 2.84. The van der Waals surface area contributed by atoms with Crippen molar-refractivity contribution in [2.24, 2.45) is 0 Å². The van der Waals surface area contributed by atoms with E-state index in [2.05, 4.69) is 0 Å². The zero-order valence-electron chi connectivity index (χ0n) is 18.9. The molecule has 34 heavy (non-hydrogen) atoms. The maximum Gasteiger partial charge on any atom is 0.356 e. The Morgan fingerprint density at radius 2 is 1.74 bits per heavy atom. The fourth-order valence-corrected chi connectivity index (χ4v) is 4.00. The van der Waals surface area contributed by atoms with Crippen LogP contribution in [0.25, 0.3) is 22.3 Å². The van der Waals surface area contributed by atoms with Gasteiger partial charge in [0.2, 0.25) is 17.3 Å². The number of hydrogen-bond acceptors (Lipinski definition) is 7. The van der Waals surface area contributed by atoms with E-state index in [1.165, 1.54) is 0 Å². The van der Waals surface area contributed by atoms with E-state index in [0.29, 0.717) is 33.8 Å². The highest BCUT2D eigenvalue weighted by Crippen LogP contribution is 2.35. The number of hydrogen-bond donors (Lipinski definition) is 0. The van der Waals surface area contributed by atoms with Crippen LogP contribution in [0, 0.1) is 13.8 Å². The lowest BCUT2D eigenvalue weighted by Crippen LogP contribution is -2.40. The Hall–Kier alpha value is -4.26. The highest BCUT2D eigenvalue weighted by molar-refractivity contribution is 5.87.